The largest absolute Gasteiger partial charge is 0.506 e. The van der Waals surface area contributed by atoms with Crippen molar-refractivity contribution < 1.29 is 31.9 Å². The molecule has 5 rings (SSSR count). The zero-order valence-electron chi connectivity index (χ0n) is 19.4. The first kappa shape index (κ1) is 24.8. The molecule has 0 fully saturated rings. The lowest BCUT2D eigenvalue weighted by Crippen LogP contribution is -2.27. The molecule has 4 aromatic rings. The molecule has 0 radical (unpaired) electrons. The minimum Gasteiger partial charge on any atom is -0.506 e. The Morgan fingerprint density at radius 3 is 2.49 bits per heavy atom. The predicted octanol–water partition coefficient (Wildman–Crippen LogP) is 7.37. The molecule has 0 bridgehead atoms. The first-order valence-corrected chi connectivity index (χ1v) is 11.8. The van der Waals surface area contributed by atoms with E-state index in [0.29, 0.717) is 10.2 Å². The number of halogens is 5. The number of anilines is 4. The van der Waals surface area contributed by atoms with Gasteiger partial charge >= 0.3 is 12.2 Å². The van der Waals surface area contributed by atoms with Gasteiger partial charge in [-0.25, -0.2) is 18.6 Å². The van der Waals surface area contributed by atoms with Crippen LogP contribution in [0.2, 0.25) is 0 Å². The fourth-order valence-electron chi connectivity index (χ4n) is 4.57. The van der Waals surface area contributed by atoms with E-state index >= 15 is 0 Å². The molecular weight excluding hydrogens is 515 g/mol. The Kier molecular flexibility index (Phi) is 5.74. The Balaban J connectivity index is 1.51. The highest BCUT2D eigenvalue weighted by atomic mass is 32.1. The van der Waals surface area contributed by atoms with Gasteiger partial charge in [0.1, 0.15) is 17.4 Å². The molecule has 2 amide bonds. The highest BCUT2D eigenvalue weighted by molar-refractivity contribution is 7.22. The third-order valence-electron chi connectivity index (χ3n) is 6.03. The molecule has 192 valence electrons. The van der Waals surface area contributed by atoms with E-state index < -0.39 is 40.6 Å². The Bertz CT molecular complexity index is 1550. The summed E-state index contributed by atoms with van der Waals surface area (Å²) in [6, 6.07) is 8.44. The van der Waals surface area contributed by atoms with Crippen LogP contribution in [-0.4, -0.2) is 22.7 Å². The number of nitrogens with one attached hydrogen (secondary N) is 2. The van der Waals surface area contributed by atoms with E-state index in [2.05, 4.69) is 15.6 Å². The number of hydrogen-bond donors (Lipinski definition) is 3. The number of phenols is 1. The number of thiazole rings is 1. The lowest BCUT2D eigenvalue weighted by molar-refractivity contribution is -0.138. The number of phenolic OH excluding ortho intramolecular Hbond substituents is 1. The number of aromatic nitrogens is 1. The van der Waals surface area contributed by atoms with Crippen LogP contribution in [0.15, 0.2) is 48.5 Å². The van der Waals surface area contributed by atoms with Gasteiger partial charge in [0.15, 0.2) is 5.13 Å². The Labute approximate surface area is 211 Å². The average molecular weight is 535 g/mol. The van der Waals surface area contributed by atoms with Crippen LogP contribution in [0.1, 0.15) is 25.0 Å². The molecular formula is C25H19F5N4O2S. The number of carbonyl (C=O) groups is 1. The van der Waals surface area contributed by atoms with Gasteiger partial charge in [0.25, 0.3) is 0 Å². The maximum absolute atomic E-state index is 14.3. The number of fused-ring (bicyclic) bond motifs is 2. The van der Waals surface area contributed by atoms with Crippen molar-refractivity contribution in [1.29, 1.82) is 0 Å². The van der Waals surface area contributed by atoms with Gasteiger partial charge in [0.2, 0.25) is 0 Å². The average Bonchev–Trinajstić information content (AvgIpc) is 3.31. The Morgan fingerprint density at radius 1 is 1.05 bits per heavy atom. The lowest BCUT2D eigenvalue weighted by atomic mass is 9.83. The molecule has 0 saturated heterocycles. The topological polar surface area (TPSA) is 77.5 Å². The standard InChI is InChI=1S/C25H19F5N4O2S/c1-24(2)11-34(21-18(35)8-5-14(20(21)24)25(28,29)30)17-9-12(26)3-6-15(17)31-22(36)33-23-32-16-7-4-13(27)10-19(16)37-23/h3-10,35H,11H2,1-2H3,(H2,31,32,33,36). The number of alkyl halides is 3. The van der Waals surface area contributed by atoms with E-state index in [1.807, 2.05) is 0 Å². The van der Waals surface area contributed by atoms with Crippen LogP contribution in [0.4, 0.5) is 48.9 Å². The highest BCUT2D eigenvalue weighted by Gasteiger charge is 2.46. The SMILES string of the molecule is CC1(C)CN(c2cc(F)ccc2NC(=O)Nc2nc3ccc(F)cc3s2)c2c(O)ccc(C(F)(F)F)c21. The molecule has 3 aromatic carbocycles. The third-order valence-corrected chi connectivity index (χ3v) is 6.97. The maximum atomic E-state index is 14.3. The molecule has 0 saturated carbocycles. The summed E-state index contributed by atoms with van der Waals surface area (Å²) in [4.78, 5) is 18.3. The van der Waals surface area contributed by atoms with Crippen LogP contribution in [-0.2, 0) is 11.6 Å². The minimum absolute atomic E-state index is 0.0217. The maximum Gasteiger partial charge on any atom is 0.416 e. The van der Waals surface area contributed by atoms with Gasteiger partial charge in [-0.3, -0.25) is 5.32 Å². The van der Waals surface area contributed by atoms with Crippen molar-refractivity contribution in [3.8, 4) is 5.75 Å². The molecule has 0 atom stereocenters. The van der Waals surface area contributed by atoms with E-state index in [4.69, 9.17) is 0 Å². The summed E-state index contributed by atoms with van der Waals surface area (Å²) >= 11 is 1.05. The van der Waals surface area contributed by atoms with Crippen LogP contribution in [0, 0.1) is 11.6 Å². The monoisotopic (exact) mass is 534 g/mol. The molecule has 0 aliphatic carbocycles. The summed E-state index contributed by atoms with van der Waals surface area (Å²) < 4.78 is 69.8. The molecule has 3 N–H and O–H groups in total. The first-order valence-electron chi connectivity index (χ1n) is 11.0. The Morgan fingerprint density at radius 2 is 1.76 bits per heavy atom. The molecule has 12 heteroatoms. The van der Waals surface area contributed by atoms with Crippen molar-refractivity contribution in [2.24, 2.45) is 0 Å². The first-order chi connectivity index (χ1) is 17.3. The van der Waals surface area contributed by atoms with Crippen LogP contribution >= 0.6 is 11.3 Å². The third kappa shape index (κ3) is 4.52. The molecule has 2 heterocycles. The van der Waals surface area contributed by atoms with Crippen molar-refractivity contribution in [2.45, 2.75) is 25.4 Å². The van der Waals surface area contributed by atoms with Gasteiger partial charge in [-0.1, -0.05) is 25.2 Å². The summed E-state index contributed by atoms with van der Waals surface area (Å²) in [7, 11) is 0. The fraction of sp³-hybridized carbons (Fsp3) is 0.200. The van der Waals surface area contributed by atoms with E-state index in [-0.39, 0.29) is 34.3 Å². The smallest absolute Gasteiger partial charge is 0.416 e. The number of benzene rings is 3. The second-order valence-corrected chi connectivity index (χ2v) is 10.2. The zero-order valence-corrected chi connectivity index (χ0v) is 20.2. The number of aromatic hydroxyl groups is 1. The molecule has 37 heavy (non-hydrogen) atoms. The highest BCUT2D eigenvalue weighted by Crippen LogP contribution is 2.54. The van der Waals surface area contributed by atoms with E-state index in [0.717, 1.165) is 35.6 Å². The van der Waals surface area contributed by atoms with Gasteiger partial charge in [0.05, 0.1) is 32.8 Å². The second-order valence-electron chi connectivity index (χ2n) is 9.20. The Hall–Kier alpha value is -3.93. The van der Waals surface area contributed by atoms with Gasteiger partial charge < -0.3 is 15.3 Å². The molecule has 0 spiro atoms. The lowest BCUT2D eigenvalue weighted by Gasteiger charge is -2.25. The normalized spacial score (nSPS) is 14.6. The molecule has 1 aliphatic heterocycles. The molecule has 6 nitrogen and oxygen atoms in total. The molecule has 0 unspecified atom stereocenters. The summed E-state index contributed by atoms with van der Waals surface area (Å²) in [6.07, 6.45) is -4.67. The van der Waals surface area contributed by atoms with Gasteiger partial charge in [0, 0.05) is 12.0 Å². The van der Waals surface area contributed by atoms with Crippen LogP contribution in [0.5, 0.6) is 5.75 Å². The van der Waals surface area contributed by atoms with Crippen molar-refractivity contribution in [3.05, 3.63) is 71.3 Å². The zero-order chi connectivity index (χ0) is 26.7. The van der Waals surface area contributed by atoms with Crippen molar-refractivity contribution in [3.63, 3.8) is 0 Å². The van der Waals surface area contributed by atoms with Crippen molar-refractivity contribution in [2.75, 3.05) is 22.1 Å². The number of rotatable bonds is 3. The molecule has 1 aromatic heterocycles. The van der Waals surface area contributed by atoms with Gasteiger partial charge in [-0.05, 0) is 54.1 Å². The van der Waals surface area contributed by atoms with Gasteiger partial charge in [-0.2, -0.15) is 13.2 Å². The van der Waals surface area contributed by atoms with Crippen LogP contribution in [0.25, 0.3) is 10.2 Å². The number of urea groups is 1. The predicted molar refractivity (Wildman–Crippen MR) is 132 cm³/mol. The fourth-order valence-corrected chi connectivity index (χ4v) is 5.46. The van der Waals surface area contributed by atoms with E-state index in [1.54, 1.807) is 13.8 Å². The number of nitrogens with zero attached hydrogens (tertiary/aromatic N) is 2. The van der Waals surface area contributed by atoms with Gasteiger partial charge in [-0.15, -0.1) is 0 Å². The van der Waals surface area contributed by atoms with E-state index in [1.165, 1.54) is 29.2 Å². The number of amides is 2. The van der Waals surface area contributed by atoms with E-state index in [9.17, 15) is 31.9 Å². The summed E-state index contributed by atoms with van der Waals surface area (Å²) in [5.74, 6) is -1.55. The van der Waals surface area contributed by atoms with Crippen LogP contribution in [0.3, 0.4) is 0 Å². The number of carbonyl (C=O) groups excluding carboxylic acids is 1. The second kappa shape index (κ2) is 8.58. The quantitative estimate of drug-likeness (QED) is 0.240. The summed E-state index contributed by atoms with van der Waals surface area (Å²) in [5.41, 5.74) is -1.57. The summed E-state index contributed by atoms with van der Waals surface area (Å²) in [6.45, 7) is 3.16. The van der Waals surface area contributed by atoms with Crippen molar-refractivity contribution in [1.82, 2.24) is 4.98 Å². The van der Waals surface area contributed by atoms with Crippen molar-refractivity contribution >= 4 is 49.8 Å². The number of hydrogen-bond acceptors (Lipinski definition) is 5. The summed E-state index contributed by atoms with van der Waals surface area (Å²) in [5, 5.41) is 15.9. The molecule has 1 aliphatic rings. The van der Waals surface area contributed by atoms with Crippen LogP contribution < -0.4 is 15.5 Å². The minimum atomic E-state index is -4.67.